The van der Waals surface area contributed by atoms with E-state index in [0.717, 1.165) is 27.9 Å². The van der Waals surface area contributed by atoms with Crippen LogP contribution in [0.25, 0.3) is 17.1 Å². The topological polar surface area (TPSA) is 93.1 Å². The molecule has 1 heterocycles. The molecule has 0 aliphatic heterocycles. The Kier molecular flexibility index (Phi) is 10.2. The van der Waals surface area contributed by atoms with Gasteiger partial charge in [0.1, 0.15) is 17.6 Å². The molecule has 4 rings (SSSR count). The molecular formula is C31H31F3N6O2S. The van der Waals surface area contributed by atoms with E-state index in [1.165, 1.54) is 35.3 Å². The van der Waals surface area contributed by atoms with Crippen LogP contribution in [-0.2, 0) is 0 Å². The molecular weight excluding hydrogens is 577 g/mol. The van der Waals surface area contributed by atoms with Crippen molar-refractivity contribution in [1.82, 2.24) is 25.4 Å². The first-order valence-corrected chi connectivity index (χ1v) is 13.9. The van der Waals surface area contributed by atoms with Crippen LogP contribution >= 0.6 is 12.6 Å². The number of halogens is 3. The lowest BCUT2D eigenvalue weighted by atomic mass is 9.99. The first-order chi connectivity index (χ1) is 20.5. The molecule has 1 atom stereocenters. The van der Waals surface area contributed by atoms with Gasteiger partial charge in [-0.25, -0.2) is 14.5 Å². The number of ether oxygens (including phenoxy) is 1. The van der Waals surface area contributed by atoms with Gasteiger partial charge in [-0.05, 0) is 78.6 Å². The Bertz CT molecular complexity index is 1590. The molecule has 224 valence electrons. The number of urea groups is 1. The molecule has 0 bridgehead atoms. The second-order valence-corrected chi connectivity index (χ2v) is 10.4. The summed E-state index contributed by atoms with van der Waals surface area (Å²) in [5.41, 5.74) is 4.70. The Balaban J connectivity index is 1.23. The summed E-state index contributed by atoms with van der Waals surface area (Å²) in [6.07, 6.45) is -2.82. The Morgan fingerprint density at radius 1 is 1.07 bits per heavy atom. The number of hydrogen-bond donors (Lipinski definition) is 4. The van der Waals surface area contributed by atoms with E-state index in [2.05, 4.69) is 81.2 Å². The van der Waals surface area contributed by atoms with Crippen LogP contribution in [0, 0.1) is 18.8 Å². The predicted octanol–water partition coefficient (Wildman–Crippen LogP) is 6.63. The number of thiol groups is 1. The second kappa shape index (κ2) is 14.0. The average Bonchev–Trinajstić information content (AvgIpc) is 3.43. The van der Waals surface area contributed by atoms with Crippen molar-refractivity contribution in [3.63, 3.8) is 0 Å². The van der Waals surface area contributed by atoms with Crippen LogP contribution in [0.5, 0.6) is 5.75 Å². The number of carbonyl (C=O) groups excluding carboxylic acids is 1. The van der Waals surface area contributed by atoms with Gasteiger partial charge in [-0.3, -0.25) is 0 Å². The molecule has 3 aromatic carbocycles. The lowest BCUT2D eigenvalue weighted by Gasteiger charge is -2.20. The monoisotopic (exact) mass is 608 g/mol. The zero-order valence-electron chi connectivity index (χ0n) is 23.7. The number of nitrogens with one attached hydrogen (secondary N) is 3. The molecule has 4 aromatic rings. The fraction of sp³-hybridized carbons (Fsp3) is 0.258. The number of aromatic nitrogens is 3. The highest BCUT2D eigenvalue weighted by Crippen LogP contribution is 2.26. The molecule has 1 unspecified atom stereocenters. The zero-order valence-corrected chi connectivity index (χ0v) is 24.6. The molecule has 43 heavy (non-hydrogen) atoms. The number of anilines is 1. The minimum Gasteiger partial charge on any atom is -0.406 e. The number of nitrogens with zero attached hydrogens (tertiary/aromatic N) is 3. The zero-order chi connectivity index (χ0) is 31.0. The Morgan fingerprint density at radius 3 is 2.47 bits per heavy atom. The number of aryl methyl sites for hydroxylation is 1. The highest BCUT2D eigenvalue weighted by Gasteiger charge is 2.31. The van der Waals surface area contributed by atoms with Crippen LogP contribution in [0.1, 0.15) is 42.9 Å². The molecule has 2 amide bonds. The summed E-state index contributed by atoms with van der Waals surface area (Å²) in [5, 5.41) is 13.2. The van der Waals surface area contributed by atoms with Crippen molar-refractivity contribution in [3.05, 3.63) is 89.7 Å². The summed E-state index contributed by atoms with van der Waals surface area (Å²) in [6, 6.07) is 18.5. The maximum atomic E-state index is 12.4. The average molecular weight is 609 g/mol. The molecule has 1 aromatic heterocycles. The first kappa shape index (κ1) is 31.3. The maximum Gasteiger partial charge on any atom is 0.573 e. The molecule has 8 nitrogen and oxygen atoms in total. The molecule has 0 fully saturated rings. The standard InChI is InChI=1S/C31H31F3N6O2S/c1-20(2)26-16-7-21(3)18-27(26)37-30(43)38-29(41)35-17-5-4-6-22-8-10-23(11-9-22)28-36-19-40(39-28)24-12-14-25(15-13-24)42-31(32,33)34/h7-16,18-20,30,37,43H,5,17H2,1-3H3,(H2,35,38,41). The minimum absolute atomic E-state index is 0.315. The summed E-state index contributed by atoms with van der Waals surface area (Å²) in [4.78, 5) is 16.6. The van der Waals surface area contributed by atoms with Crippen molar-refractivity contribution >= 4 is 24.3 Å². The van der Waals surface area contributed by atoms with Gasteiger partial charge in [0.25, 0.3) is 0 Å². The molecule has 0 aliphatic rings. The van der Waals surface area contributed by atoms with Crippen LogP contribution in [0.4, 0.5) is 23.7 Å². The van der Waals surface area contributed by atoms with Gasteiger partial charge in [-0.15, -0.1) is 30.9 Å². The lowest BCUT2D eigenvalue weighted by Crippen LogP contribution is -2.43. The first-order valence-electron chi connectivity index (χ1n) is 13.4. The number of carbonyl (C=O) groups is 1. The van der Waals surface area contributed by atoms with Crippen molar-refractivity contribution in [2.75, 3.05) is 11.9 Å². The molecule has 12 heteroatoms. The maximum absolute atomic E-state index is 12.4. The number of rotatable bonds is 9. The Morgan fingerprint density at radius 2 is 1.79 bits per heavy atom. The van der Waals surface area contributed by atoms with E-state index >= 15 is 0 Å². The normalized spacial score (nSPS) is 11.8. The van der Waals surface area contributed by atoms with Crippen LogP contribution < -0.4 is 20.7 Å². The number of benzene rings is 3. The van der Waals surface area contributed by atoms with E-state index in [9.17, 15) is 18.0 Å². The van der Waals surface area contributed by atoms with Gasteiger partial charge >= 0.3 is 12.4 Å². The van der Waals surface area contributed by atoms with Crippen LogP contribution in [0.2, 0.25) is 0 Å². The summed E-state index contributed by atoms with van der Waals surface area (Å²) in [7, 11) is 0. The third-order valence-corrected chi connectivity index (χ3v) is 6.39. The van der Waals surface area contributed by atoms with E-state index in [-0.39, 0.29) is 11.8 Å². The highest BCUT2D eigenvalue weighted by molar-refractivity contribution is 7.81. The van der Waals surface area contributed by atoms with Crippen LogP contribution in [-0.4, -0.2) is 39.2 Å². The smallest absolute Gasteiger partial charge is 0.406 e. The van der Waals surface area contributed by atoms with E-state index in [4.69, 9.17) is 0 Å². The third-order valence-electron chi connectivity index (χ3n) is 6.13. The summed E-state index contributed by atoms with van der Waals surface area (Å²) >= 11 is 4.45. The fourth-order valence-corrected chi connectivity index (χ4v) is 4.34. The SMILES string of the molecule is Cc1ccc(C(C)C)c(NC(S)NC(=O)NCCC#Cc2ccc(-c3ncn(-c4ccc(OC(F)(F)F)cc4)n3)cc2)c1. The van der Waals surface area contributed by atoms with Crippen LogP contribution in [0.15, 0.2) is 73.1 Å². The van der Waals surface area contributed by atoms with Crippen LogP contribution in [0.3, 0.4) is 0 Å². The van der Waals surface area contributed by atoms with Gasteiger partial charge in [0.05, 0.1) is 5.69 Å². The lowest BCUT2D eigenvalue weighted by molar-refractivity contribution is -0.274. The van der Waals surface area contributed by atoms with Gasteiger partial charge in [-0.2, -0.15) is 0 Å². The largest absolute Gasteiger partial charge is 0.573 e. The van der Waals surface area contributed by atoms with Crippen molar-refractivity contribution < 1.29 is 22.7 Å². The van der Waals surface area contributed by atoms with Crippen molar-refractivity contribution in [2.45, 2.75) is 45.0 Å². The third kappa shape index (κ3) is 9.44. The Hall–Kier alpha value is -4.63. The van der Waals surface area contributed by atoms with E-state index in [1.54, 1.807) is 0 Å². The number of amides is 2. The summed E-state index contributed by atoms with van der Waals surface area (Å²) in [5.74, 6) is 6.55. The Labute approximate surface area is 253 Å². The second-order valence-electron chi connectivity index (χ2n) is 9.88. The molecule has 0 spiro atoms. The highest BCUT2D eigenvalue weighted by atomic mass is 32.1. The molecule has 0 radical (unpaired) electrons. The molecule has 0 saturated carbocycles. The number of alkyl halides is 3. The van der Waals surface area contributed by atoms with Gasteiger partial charge < -0.3 is 20.7 Å². The van der Waals surface area contributed by atoms with Crippen molar-refractivity contribution in [3.8, 4) is 34.7 Å². The number of hydrogen-bond acceptors (Lipinski definition) is 6. The van der Waals surface area contributed by atoms with E-state index in [1.807, 2.05) is 37.3 Å². The van der Waals surface area contributed by atoms with Gasteiger partial charge in [0.15, 0.2) is 5.82 Å². The summed E-state index contributed by atoms with van der Waals surface area (Å²) < 4.78 is 42.5. The minimum atomic E-state index is -4.75. The molecule has 0 saturated heterocycles. The van der Waals surface area contributed by atoms with E-state index in [0.29, 0.717) is 30.4 Å². The fourth-order valence-electron chi connectivity index (χ4n) is 4.08. The van der Waals surface area contributed by atoms with Gasteiger partial charge in [0, 0.05) is 29.8 Å². The van der Waals surface area contributed by atoms with Gasteiger partial charge in [-0.1, -0.05) is 37.8 Å². The quantitative estimate of drug-likeness (QED) is 0.0741. The predicted molar refractivity (Wildman–Crippen MR) is 163 cm³/mol. The van der Waals surface area contributed by atoms with Gasteiger partial charge in [0.2, 0.25) is 0 Å². The van der Waals surface area contributed by atoms with Crippen molar-refractivity contribution in [2.24, 2.45) is 0 Å². The summed E-state index contributed by atoms with van der Waals surface area (Å²) in [6.45, 7) is 6.60. The molecule has 3 N–H and O–H groups in total. The molecule has 0 aliphatic carbocycles. The van der Waals surface area contributed by atoms with Crippen molar-refractivity contribution in [1.29, 1.82) is 0 Å². The van der Waals surface area contributed by atoms with E-state index < -0.39 is 11.9 Å².